The fourth-order valence-electron chi connectivity index (χ4n) is 2.37. The van der Waals surface area contributed by atoms with Crippen LogP contribution in [0.1, 0.15) is 5.56 Å². The molecule has 0 aliphatic heterocycles. The number of rotatable bonds is 5. The maximum absolute atomic E-state index is 12.5. The van der Waals surface area contributed by atoms with Crippen molar-refractivity contribution in [1.29, 1.82) is 0 Å². The molecule has 0 saturated carbocycles. The number of aliphatic hydroxyl groups is 1. The van der Waals surface area contributed by atoms with Crippen LogP contribution in [0, 0.1) is 0 Å². The van der Waals surface area contributed by atoms with Gasteiger partial charge in [-0.2, -0.15) is 0 Å². The summed E-state index contributed by atoms with van der Waals surface area (Å²) in [5.74, 6) is -1.57. The molecule has 0 amide bonds. The van der Waals surface area contributed by atoms with E-state index in [1.807, 2.05) is 30.3 Å². The molecule has 0 fully saturated rings. The van der Waals surface area contributed by atoms with Gasteiger partial charge < -0.3 is 14.6 Å². The van der Waals surface area contributed by atoms with E-state index in [2.05, 4.69) is 0 Å². The fourth-order valence-corrected chi connectivity index (χ4v) is 2.37. The zero-order valence-electron chi connectivity index (χ0n) is 11.6. The first kappa shape index (κ1) is 14.7. The topological polar surface area (TPSA) is 55.8 Å². The molecule has 4 heteroatoms. The number of Topliss-reactive ketones (excluding diaryl/α,β-unsaturated/α-hetero) is 1. The molecule has 1 aromatic rings. The number of aliphatic hydroxyl groups excluding tert-OH is 1. The molecule has 0 radical (unpaired) electrons. The molecule has 4 nitrogen and oxygen atoms in total. The Morgan fingerprint density at radius 1 is 1.25 bits per heavy atom. The van der Waals surface area contributed by atoms with E-state index >= 15 is 0 Å². The Bertz CT molecular complexity index is 527. The predicted octanol–water partition coefficient (Wildman–Crippen LogP) is 1.64. The third-order valence-corrected chi connectivity index (χ3v) is 3.44. The zero-order valence-corrected chi connectivity index (χ0v) is 11.6. The van der Waals surface area contributed by atoms with Crippen molar-refractivity contribution in [3.05, 3.63) is 59.7 Å². The number of ether oxygens (including phenoxy) is 2. The minimum atomic E-state index is -1.43. The van der Waals surface area contributed by atoms with Crippen molar-refractivity contribution in [1.82, 2.24) is 0 Å². The fraction of sp³-hybridized carbons (Fsp3) is 0.312. The Labute approximate surface area is 118 Å². The summed E-state index contributed by atoms with van der Waals surface area (Å²) in [6.45, 7) is 0. The van der Waals surface area contributed by atoms with Crippen molar-refractivity contribution < 1.29 is 19.4 Å². The number of benzene rings is 1. The van der Waals surface area contributed by atoms with Crippen LogP contribution < -0.4 is 0 Å². The van der Waals surface area contributed by atoms with Gasteiger partial charge in [-0.05, 0) is 5.56 Å². The van der Waals surface area contributed by atoms with Crippen molar-refractivity contribution in [3.8, 4) is 0 Å². The second-order valence-corrected chi connectivity index (χ2v) is 4.57. The van der Waals surface area contributed by atoms with E-state index in [0.29, 0.717) is 5.57 Å². The molecule has 0 heterocycles. The molecular formula is C16H18O4. The molecule has 0 saturated heterocycles. The average Bonchev–Trinajstić information content (AvgIpc) is 2.48. The van der Waals surface area contributed by atoms with Gasteiger partial charge in [0, 0.05) is 20.6 Å². The van der Waals surface area contributed by atoms with E-state index in [0.717, 1.165) is 5.56 Å². The van der Waals surface area contributed by atoms with Gasteiger partial charge in [-0.25, -0.2) is 0 Å². The summed E-state index contributed by atoms with van der Waals surface area (Å²) in [5, 5.41) is 10.1. The third-order valence-electron chi connectivity index (χ3n) is 3.44. The zero-order chi connectivity index (χ0) is 14.6. The summed E-state index contributed by atoms with van der Waals surface area (Å²) in [4.78, 5) is 12.5. The number of hydrogen-bond donors (Lipinski definition) is 1. The van der Waals surface area contributed by atoms with E-state index in [-0.39, 0.29) is 12.2 Å². The highest BCUT2D eigenvalue weighted by Gasteiger charge is 2.45. The van der Waals surface area contributed by atoms with Crippen molar-refractivity contribution in [2.75, 3.05) is 14.2 Å². The first-order chi connectivity index (χ1) is 9.64. The molecule has 1 aliphatic carbocycles. The van der Waals surface area contributed by atoms with Crippen LogP contribution in [-0.4, -0.2) is 37.0 Å². The van der Waals surface area contributed by atoms with Crippen LogP contribution in [0.2, 0.25) is 0 Å². The number of methoxy groups -OCH3 is 2. The predicted molar refractivity (Wildman–Crippen MR) is 75.1 cm³/mol. The molecule has 1 aromatic carbocycles. The Hall–Kier alpha value is -1.75. The van der Waals surface area contributed by atoms with Gasteiger partial charge in [-0.1, -0.05) is 48.6 Å². The molecule has 20 heavy (non-hydrogen) atoms. The minimum absolute atomic E-state index is 0.136. The maximum Gasteiger partial charge on any atom is 0.228 e. The van der Waals surface area contributed by atoms with E-state index < -0.39 is 11.9 Å². The first-order valence-corrected chi connectivity index (χ1v) is 6.38. The first-order valence-electron chi connectivity index (χ1n) is 6.38. The summed E-state index contributed by atoms with van der Waals surface area (Å²) in [6, 6.07) is 9.43. The minimum Gasteiger partial charge on any atom is -0.383 e. The lowest BCUT2D eigenvalue weighted by atomic mass is 9.89. The van der Waals surface area contributed by atoms with E-state index in [1.54, 1.807) is 12.2 Å². The monoisotopic (exact) mass is 274 g/mol. The Kier molecular flexibility index (Phi) is 4.49. The SMILES string of the molecule is COC1(OC)C(C(=O)Cc2ccccc2)=CC=CC1O. The van der Waals surface area contributed by atoms with Crippen LogP contribution >= 0.6 is 0 Å². The molecule has 0 spiro atoms. The van der Waals surface area contributed by atoms with Crippen LogP contribution in [0.15, 0.2) is 54.1 Å². The Balaban J connectivity index is 2.27. The van der Waals surface area contributed by atoms with Crippen LogP contribution in [0.4, 0.5) is 0 Å². The van der Waals surface area contributed by atoms with Gasteiger partial charge in [0.1, 0.15) is 6.10 Å². The van der Waals surface area contributed by atoms with Crippen LogP contribution in [0.25, 0.3) is 0 Å². The molecule has 0 bridgehead atoms. The standard InChI is InChI=1S/C16H18O4/c1-19-16(20-2)13(9-6-10-15(16)18)14(17)11-12-7-4-3-5-8-12/h3-10,15,18H,11H2,1-2H3. The number of carbonyl (C=O) groups is 1. The van der Waals surface area contributed by atoms with Crippen LogP contribution in [0.3, 0.4) is 0 Å². The number of hydrogen-bond acceptors (Lipinski definition) is 4. The quantitative estimate of drug-likeness (QED) is 0.829. The van der Waals surface area contributed by atoms with Gasteiger partial charge in [0.05, 0.1) is 5.57 Å². The summed E-state index contributed by atoms with van der Waals surface area (Å²) in [7, 11) is 2.82. The van der Waals surface area contributed by atoms with Gasteiger partial charge in [-0.3, -0.25) is 4.79 Å². The highest BCUT2D eigenvalue weighted by Crippen LogP contribution is 2.31. The van der Waals surface area contributed by atoms with Gasteiger partial charge in [0.25, 0.3) is 0 Å². The summed E-state index contributed by atoms with van der Waals surface area (Å²) < 4.78 is 10.6. The van der Waals surface area contributed by atoms with E-state index in [9.17, 15) is 9.90 Å². The lowest BCUT2D eigenvalue weighted by molar-refractivity contribution is -0.222. The number of ketones is 1. The second-order valence-electron chi connectivity index (χ2n) is 4.57. The third kappa shape index (κ3) is 2.58. The second kappa shape index (κ2) is 6.13. The van der Waals surface area contributed by atoms with Gasteiger partial charge in [-0.15, -0.1) is 0 Å². The smallest absolute Gasteiger partial charge is 0.228 e. The summed E-state index contributed by atoms with van der Waals surface area (Å²) >= 11 is 0. The normalized spacial score (nSPS) is 20.6. The maximum atomic E-state index is 12.5. The summed E-state index contributed by atoms with van der Waals surface area (Å²) in [6.07, 6.45) is 4.02. The van der Waals surface area contributed by atoms with Crippen molar-refractivity contribution in [2.24, 2.45) is 0 Å². The van der Waals surface area contributed by atoms with Gasteiger partial charge in [0.2, 0.25) is 5.79 Å². The lowest BCUT2D eigenvalue weighted by Gasteiger charge is -2.37. The van der Waals surface area contributed by atoms with Crippen LogP contribution in [-0.2, 0) is 20.7 Å². The average molecular weight is 274 g/mol. The highest BCUT2D eigenvalue weighted by molar-refractivity contribution is 5.99. The van der Waals surface area contributed by atoms with E-state index in [1.165, 1.54) is 20.3 Å². The Morgan fingerprint density at radius 2 is 1.90 bits per heavy atom. The number of carbonyl (C=O) groups excluding carboxylic acids is 1. The van der Waals surface area contributed by atoms with Crippen LogP contribution in [0.5, 0.6) is 0 Å². The van der Waals surface area contributed by atoms with Gasteiger partial charge >= 0.3 is 0 Å². The highest BCUT2D eigenvalue weighted by atomic mass is 16.7. The lowest BCUT2D eigenvalue weighted by Crippen LogP contribution is -2.50. The molecule has 106 valence electrons. The van der Waals surface area contributed by atoms with Crippen molar-refractivity contribution in [2.45, 2.75) is 18.3 Å². The molecular weight excluding hydrogens is 256 g/mol. The molecule has 1 atom stereocenters. The molecule has 0 aromatic heterocycles. The van der Waals surface area contributed by atoms with Crippen molar-refractivity contribution >= 4 is 5.78 Å². The number of allylic oxidation sites excluding steroid dienone is 2. The Morgan fingerprint density at radius 3 is 2.50 bits per heavy atom. The summed E-state index contributed by atoms with van der Waals surface area (Å²) in [5.41, 5.74) is 1.23. The van der Waals surface area contributed by atoms with Crippen molar-refractivity contribution in [3.63, 3.8) is 0 Å². The molecule has 1 N–H and O–H groups in total. The van der Waals surface area contributed by atoms with E-state index in [4.69, 9.17) is 9.47 Å². The van der Waals surface area contributed by atoms with Gasteiger partial charge in [0.15, 0.2) is 5.78 Å². The molecule has 1 aliphatic rings. The molecule has 1 unspecified atom stereocenters. The largest absolute Gasteiger partial charge is 0.383 e. The molecule has 2 rings (SSSR count).